The van der Waals surface area contributed by atoms with Gasteiger partial charge in [-0.25, -0.2) is 0 Å². The van der Waals surface area contributed by atoms with E-state index >= 15 is 0 Å². The van der Waals surface area contributed by atoms with Crippen LogP contribution in [0, 0.1) is 0 Å². The molecule has 0 saturated carbocycles. The van der Waals surface area contributed by atoms with E-state index in [1.165, 1.54) is 38.5 Å². The van der Waals surface area contributed by atoms with Crippen LogP contribution >= 0.6 is 0 Å². The maximum Gasteiger partial charge on any atom is 0 e. The Bertz CT molecular complexity index is 66.6. The Kier molecular flexibility index (Phi) is 6.56. The van der Waals surface area contributed by atoms with Gasteiger partial charge in [0.2, 0.25) is 0 Å². The molecular formula is C8H14Fe. The summed E-state index contributed by atoms with van der Waals surface area (Å²) in [6, 6.07) is 0. The molecule has 0 saturated heterocycles. The zero-order valence-electron chi connectivity index (χ0n) is 5.75. The Balaban J connectivity index is 0.000000640. The van der Waals surface area contributed by atoms with Crippen LogP contribution in [0.2, 0.25) is 0 Å². The summed E-state index contributed by atoms with van der Waals surface area (Å²) < 4.78 is 0. The van der Waals surface area contributed by atoms with Gasteiger partial charge >= 0.3 is 0 Å². The van der Waals surface area contributed by atoms with Crippen molar-refractivity contribution in [3.63, 3.8) is 0 Å². The van der Waals surface area contributed by atoms with Gasteiger partial charge in [-0.05, 0) is 25.7 Å². The van der Waals surface area contributed by atoms with Crippen LogP contribution in [0.4, 0.5) is 0 Å². The maximum absolute atomic E-state index is 2.32. The van der Waals surface area contributed by atoms with Crippen molar-refractivity contribution in [2.24, 2.45) is 0 Å². The van der Waals surface area contributed by atoms with Crippen LogP contribution in [-0.4, -0.2) is 0 Å². The normalized spacial score (nSPS) is 23.1. The molecule has 0 N–H and O–H groups in total. The van der Waals surface area contributed by atoms with Gasteiger partial charge in [-0.2, -0.15) is 0 Å². The summed E-state index contributed by atoms with van der Waals surface area (Å²) in [5, 5.41) is 0. The molecule has 1 rings (SSSR count). The van der Waals surface area contributed by atoms with E-state index in [4.69, 9.17) is 0 Å². The van der Waals surface area contributed by atoms with Crippen LogP contribution in [0.3, 0.4) is 0 Å². The van der Waals surface area contributed by atoms with Gasteiger partial charge in [0.1, 0.15) is 0 Å². The molecule has 0 aromatic carbocycles. The van der Waals surface area contributed by atoms with Gasteiger partial charge < -0.3 is 0 Å². The number of hydrogen-bond acceptors (Lipinski definition) is 0. The van der Waals surface area contributed by atoms with Gasteiger partial charge in [0.05, 0.1) is 0 Å². The van der Waals surface area contributed by atoms with Crippen LogP contribution in [0.15, 0.2) is 12.2 Å². The predicted octanol–water partition coefficient (Wildman–Crippen LogP) is 2.89. The summed E-state index contributed by atoms with van der Waals surface area (Å²) in [4.78, 5) is 0. The van der Waals surface area contributed by atoms with E-state index < -0.39 is 0 Å². The van der Waals surface area contributed by atoms with Gasteiger partial charge in [-0.3, -0.25) is 0 Å². The summed E-state index contributed by atoms with van der Waals surface area (Å²) in [5.41, 5.74) is 0. The van der Waals surface area contributed by atoms with Crippen molar-refractivity contribution in [1.82, 2.24) is 0 Å². The van der Waals surface area contributed by atoms with E-state index in [0.717, 1.165) is 0 Å². The average Bonchev–Trinajstić information content (AvgIpc) is 1.62. The number of allylic oxidation sites excluding steroid dienone is 2. The minimum atomic E-state index is 0. The van der Waals surface area contributed by atoms with E-state index in [1.807, 2.05) is 0 Å². The molecule has 0 radical (unpaired) electrons. The van der Waals surface area contributed by atoms with Crippen LogP contribution in [0.5, 0.6) is 0 Å². The predicted molar refractivity (Wildman–Crippen MR) is 36.8 cm³/mol. The van der Waals surface area contributed by atoms with E-state index in [1.54, 1.807) is 0 Å². The van der Waals surface area contributed by atoms with Gasteiger partial charge in [0.25, 0.3) is 0 Å². The molecule has 1 aliphatic rings. The molecule has 1 aliphatic carbocycles. The molecule has 0 spiro atoms. The standard InChI is InChI=1S/C8H14.Fe/c1-2-4-6-8-7-5-3-1;/h1-2H,3-8H2;/b2-1-;. The third-order valence-electron chi connectivity index (χ3n) is 1.66. The van der Waals surface area contributed by atoms with E-state index in [0.29, 0.717) is 0 Å². The Hall–Kier alpha value is 0.259. The number of rotatable bonds is 0. The van der Waals surface area contributed by atoms with Crippen LogP contribution < -0.4 is 0 Å². The second-order valence-electron chi connectivity index (χ2n) is 2.46. The quantitative estimate of drug-likeness (QED) is 0.383. The first-order valence-corrected chi connectivity index (χ1v) is 3.65. The zero-order valence-corrected chi connectivity index (χ0v) is 6.86. The van der Waals surface area contributed by atoms with E-state index in [9.17, 15) is 0 Å². The third-order valence-corrected chi connectivity index (χ3v) is 1.66. The molecule has 1 heteroatoms. The van der Waals surface area contributed by atoms with Crippen molar-refractivity contribution in [2.75, 3.05) is 0 Å². The number of hydrogen-bond donors (Lipinski definition) is 0. The smallest absolute Gasteiger partial charge is 0 e. The third kappa shape index (κ3) is 4.74. The van der Waals surface area contributed by atoms with E-state index in [2.05, 4.69) is 12.2 Å². The zero-order chi connectivity index (χ0) is 5.66. The molecule has 0 fully saturated rings. The van der Waals surface area contributed by atoms with Crippen molar-refractivity contribution < 1.29 is 17.1 Å². The fraction of sp³-hybridized carbons (Fsp3) is 0.750. The molecule has 0 bridgehead atoms. The minimum Gasteiger partial charge on any atom is -0.0885 e. The first-order chi connectivity index (χ1) is 4.00. The Labute approximate surface area is 68.2 Å². The van der Waals surface area contributed by atoms with Crippen LogP contribution in [0.25, 0.3) is 0 Å². The second-order valence-corrected chi connectivity index (χ2v) is 2.46. The molecule has 0 aliphatic heterocycles. The van der Waals surface area contributed by atoms with Crippen LogP contribution in [0.1, 0.15) is 38.5 Å². The van der Waals surface area contributed by atoms with Gasteiger partial charge in [0.15, 0.2) is 0 Å². The SMILES string of the molecule is C1=C\CCCCCC/1.[Fe]. The fourth-order valence-electron chi connectivity index (χ4n) is 1.11. The van der Waals surface area contributed by atoms with Gasteiger partial charge in [0, 0.05) is 17.1 Å². The summed E-state index contributed by atoms with van der Waals surface area (Å²) in [6.07, 6.45) is 13.0. The summed E-state index contributed by atoms with van der Waals surface area (Å²) in [5.74, 6) is 0. The first kappa shape index (κ1) is 9.26. The average molecular weight is 166 g/mol. The largest absolute Gasteiger partial charge is 0.0885 e. The van der Waals surface area contributed by atoms with Crippen molar-refractivity contribution in [3.8, 4) is 0 Å². The summed E-state index contributed by atoms with van der Waals surface area (Å²) in [7, 11) is 0. The molecule has 0 atom stereocenters. The minimum absolute atomic E-state index is 0. The monoisotopic (exact) mass is 166 g/mol. The summed E-state index contributed by atoms with van der Waals surface area (Å²) in [6.45, 7) is 0. The molecule has 0 aromatic rings. The molecular weight excluding hydrogens is 152 g/mol. The maximum atomic E-state index is 2.32. The molecule has 0 amide bonds. The van der Waals surface area contributed by atoms with E-state index in [-0.39, 0.29) is 17.1 Å². The summed E-state index contributed by atoms with van der Waals surface area (Å²) >= 11 is 0. The van der Waals surface area contributed by atoms with Crippen molar-refractivity contribution in [2.45, 2.75) is 38.5 Å². The molecule has 0 heterocycles. The fourth-order valence-corrected chi connectivity index (χ4v) is 1.11. The Morgan fingerprint density at radius 1 is 0.667 bits per heavy atom. The first-order valence-electron chi connectivity index (χ1n) is 3.65. The van der Waals surface area contributed by atoms with Gasteiger partial charge in [-0.15, -0.1) is 0 Å². The topological polar surface area (TPSA) is 0 Å². The Morgan fingerprint density at radius 2 is 1.11 bits per heavy atom. The molecule has 0 aromatic heterocycles. The van der Waals surface area contributed by atoms with Crippen molar-refractivity contribution in [1.29, 1.82) is 0 Å². The molecule has 9 heavy (non-hydrogen) atoms. The second kappa shape index (κ2) is 6.38. The van der Waals surface area contributed by atoms with Crippen molar-refractivity contribution >= 4 is 0 Å². The molecule has 0 nitrogen and oxygen atoms in total. The van der Waals surface area contributed by atoms with Crippen LogP contribution in [-0.2, 0) is 17.1 Å². The van der Waals surface area contributed by atoms with Crippen molar-refractivity contribution in [3.05, 3.63) is 12.2 Å². The molecule has 0 unspecified atom stereocenters. The molecule has 54 valence electrons. The van der Waals surface area contributed by atoms with Gasteiger partial charge in [-0.1, -0.05) is 25.0 Å². The Morgan fingerprint density at radius 3 is 1.56 bits per heavy atom.